The van der Waals surface area contributed by atoms with Crippen molar-refractivity contribution in [2.75, 3.05) is 0 Å². The number of carbonyl (C=O) groups is 1. The van der Waals surface area contributed by atoms with Crippen molar-refractivity contribution >= 4 is 5.97 Å². The molecule has 0 aromatic rings. The highest BCUT2D eigenvalue weighted by molar-refractivity contribution is 5.79. The second kappa shape index (κ2) is 8.80. The van der Waals surface area contributed by atoms with E-state index in [9.17, 15) is 4.79 Å². The Morgan fingerprint density at radius 2 is 1.57 bits per heavy atom. The highest BCUT2D eigenvalue weighted by Crippen LogP contribution is 2.46. The molecule has 1 saturated carbocycles. The monoisotopic (exact) mass is 294 g/mol. The summed E-state index contributed by atoms with van der Waals surface area (Å²) in [4.78, 5) is 12.2. The lowest BCUT2D eigenvalue weighted by molar-refractivity contribution is -0.150. The Balaban J connectivity index is 1.55. The summed E-state index contributed by atoms with van der Waals surface area (Å²) in [6.07, 6.45) is 19.1. The van der Waals surface area contributed by atoms with Gasteiger partial charge in [-0.05, 0) is 25.7 Å². The fourth-order valence-electron chi connectivity index (χ4n) is 4.14. The molecule has 0 N–H and O–H groups in total. The lowest BCUT2D eigenvalue weighted by atomic mass is 9.72. The minimum atomic E-state index is -0.0664. The van der Waals surface area contributed by atoms with E-state index in [0.29, 0.717) is 0 Å². The van der Waals surface area contributed by atoms with Crippen LogP contribution in [0.25, 0.3) is 0 Å². The summed E-state index contributed by atoms with van der Waals surface area (Å²) in [7, 11) is 0. The van der Waals surface area contributed by atoms with E-state index < -0.39 is 0 Å². The van der Waals surface area contributed by atoms with Crippen molar-refractivity contribution in [3.63, 3.8) is 0 Å². The van der Waals surface area contributed by atoms with E-state index in [1.165, 1.54) is 70.6 Å². The van der Waals surface area contributed by atoms with Gasteiger partial charge >= 0.3 is 5.97 Å². The average Bonchev–Trinajstić information content (AvgIpc) is 2.78. The summed E-state index contributed by atoms with van der Waals surface area (Å²) in [6.45, 7) is 2.27. The predicted octanol–water partition coefficient (Wildman–Crippen LogP) is 5.78. The number of hydrogen-bond acceptors (Lipinski definition) is 2. The van der Waals surface area contributed by atoms with E-state index in [4.69, 9.17) is 4.74 Å². The average molecular weight is 294 g/mol. The highest BCUT2D eigenvalue weighted by atomic mass is 16.6. The van der Waals surface area contributed by atoms with Crippen LogP contribution < -0.4 is 0 Å². The Hall–Kier alpha value is -0.530. The molecule has 0 bridgehead atoms. The summed E-state index contributed by atoms with van der Waals surface area (Å²) in [5, 5.41) is 0. The van der Waals surface area contributed by atoms with Crippen LogP contribution in [-0.4, -0.2) is 12.1 Å². The van der Waals surface area contributed by atoms with Gasteiger partial charge in [0.15, 0.2) is 0 Å². The molecule has 21 heavy (non-hydrogen) atoms. The second-order valence-corrected chi connectivity index (χ2v) is 7.34. The first kappa shape index (κ1) is 16.8. The van der Waals surface area contributed by atoms with Crippen LogP contribution in [-0.2, 0) is 9.53 Å². The number of esters is 1. The molecular weight excluding hydrogens is 260 g/mol. The molecule has 2 rings (SSSR count). The minimum absolute atomic E-state index is 0.0664. The molecule has 2 aliphatic rings. The molecule has 122 valence electrons. The van der Waals surface area contributed by atoms with Crippen LogP contribution in [0.2, 0.25) is 0 Å². The summed E-state index contributed by atoms with van der Waals surface area (Å²) in [5.74, 6) is 0.131. The Labute approximate surface area is 131 Å². The fraction of sp³-hybridized carbons (Fsp3) is 0.947. The molecule has 0 aromatic carbocycles. The Morgan fingerprint density at radius 1 is 0.952 bits per heavy atom. The van der Waals surface area contributed by atoms with Gasteiger partial charge in [-0.2, -0.15) is 0 Å². The topological polar surface area (TPSA) is 26.3 Å². The lowest BCUT2D eigenvalue weighted by Crippen LogP contribution is -2.28. The predicted molar refractivity (Wildman–Crippen MR) is 87.2 cm³/mol. The molecule has 2 fully saturated rings. The Morgan fingerprint density at radius 3 is 2.24 bits per heavy atom. The zero-order valence-corrected chi connectivity index (χ0v) is 14.0. The maximum Gasteiger partial charge on any atom is 0.312 e. The Kier molecular flexibility index (Phi) is 7.06. The van der Waals surface area contributed by atoms with Gasteiger partial charge in [0.2, 0.25) is 0 Å². The van der Waals surface area contributed by atoms with Gasteiger partial charge in [-0.1, -0.05) is 71.1 Å². The van der Waals surface area contributed by atoms with Gasteiger partial charge in [0.25, 0.3) is 0 Å². The minimum Gasteiger partial charge on any atom is -0.462 e. The third-order valence-corrected chi connectivity index (χ3v) is 5.52. The first-order chi connectivity index (χ1) is 10.3. The first-order valence-electron chi connectivity index (χ1n) is 9.48. The smallest absolute Gasteiger partial charge is 0.312 e. The molecule has 1 spiro atoms. The maximum atomic E-state index is 12.2. The van der Waals surface area contributed by atoms with Gasteiger partial charge in [0, 0.05) is 6.42 Å². The van der Waals surface area contributed by atoms with Crippen molar-refractivity contribution in [1.29, 1.82) is 0 Å². The molecule has 1 unspecified atom stereocenters. The summed E-state index contributed by atoms with van der Waals surface area (Å²) in [6, 6.07) is 0. The molecular formula is C19H34O2. The molecule has 1 heterocycles. The van der Waals surface area contributed by atoms with Gasteiger partial charge in [-0.15, -0.1) is 0 Å². The van der Waals surface area contributed by atoms with Crippen molar-refractivity contribution in [2.24, 2.45) is 5.41 Å². The third kappa shape index (κ3) is 5.00. The molecule has 0 radical (unpaired) electrons. The zero-order valence-electron chi connectivity index (χ0n) is 14.0. The van der Waals surface area contributed by atoms with Crippen molar-refractivity contribution in [1.82, 2.24) is 0 Å². The lowest BCUT2D eigenvalue weighted by Gasteiger charge is -2.28. The standard InChI is InChI=1S/C19H34O2/c1-2-3-4-5-6-7-8-10-13-17-16-19(18(20)21-17)14-11-9-12-15-19/h17H,2-16H2,1H3. The molecule has 0 aromatic heterocycles. The normalized spacial score (nSPS) is 24.4. The van der Waals surface area contributed by atoms with Crippen LogP contribution >= 0.6 is 0 Å². The molecule has 1 atom stereocenters. The van der Waals surface area contributed by atoms with Gasteiger partial charge < -0.3 is 4.74 Å². The SMILES string of the molecule is CCCCCCCCCCC1CC2(CCCCC2)C(=O)O1. The quantitative estimate of drug-likeness (QED) is 0.398. The van der Waals surface area contributed by atoms with E-state index in [1.54, 1.807) is 0 Å². The van der Waals surface area contributed by atoms with Crippen molar-refractivity contribution in [3.8, 4) is 0 Å². The van der Waals surface area contributed by atoms with E-state index >= 15 is 0 Å². The van der Waals surface area contributed by atoms with E-state index in [1.807, 2.05) is 0 Å². The highest BCUT2D eigenvalue weighted by Gasteiger charge is 2.48. The molecule has 2 nitrogen and oxygen atoms in total. The number of hydrogen-bond donors (Lipinski definition) is 0. The number of cyclic esters (lactones) is 1. The van der Waals surface area contributed by atoms with Crippen LogP contribution in [0.4, 0.5) is 0 Å². The van der Waals surface area contributed by atoms with Gasteiger partial charge in [-0.25, -0.2) is 0 Å². The number of unbranched alkanes of at least 4 members (excludes halogenated alkanes) is 7. The van der Waals surface area contributed by atoms with Crippen molar-refractivity contribution < 1.29 is 9.53 Å². The van der Waals surface area contributed by atoms with E-state index in [0.717, 1.165) is 25.7 Å². The number of ether oxygens (including phenoxy) is 1. The summed E-state index contributed by atoms with van der Waals surface area (Å²) >= 11 is 0. The maximum absolute atomic E-state index is 12.2. The van der Waals surface area contributed by atoms with Crippen LogP contribution in [0, 0.1) is 5.41 Å². The summed E-state index contributed by atoms with van der Waals surface area (Å²) < 4.78 is 5.68. The number of carbonyl (C=O) groups excluding carboxylic acids is 1. The Bertz CT molecular complexity index is 305. The molecule has 2 heteroatoms. The number of rotatable bonds is 9. The van der Waals surface area contributed by atoms with Crippen LogP contribution in [0.1, 0.15) is 103 Å². The molecule has 0 amide bonds. The second-order valence-electron chi connectivity index (χ2n) is 7.34. The largest absolute Gasteiger partial charge is 0.462 e. The van der Waals surface area contributed by atoms with Gasteiger partial charge in [0.1, 0.15) is 6.10 Å². The van der Waals surface area contributed by atoms with Crippen LogP contribution in [0.15, 0.2) is 0 Å². The summed E-state index contributed by atoms with van der Waals surface area (Å²) in [5.41, 5.74) is -0.0664. The van der Waals surface area contributed by atoms with Crippen molar-refractivity contribution in [3.05, 3.63) is 0 Å². The van der Waals surface area contributed by atoms with Gasteiger partial charge in [0.05, 0.1) is 5.41 Å². The van der Waals surface area contributed by atoms with E-state index in [2.05, 4.69) is 6.92 Å². The van der Waals surface area contributed by atoms with Crippen LogP contribution in [0.3, 0.4) is 0 Å². The molecule has 1 aliphatic heterocycles. The van der Waals surface area contributed by atoms with Crippen LogP contribution in [0.5, 0.6) is 0 Å². The van der Waals surface area contributed by atoms with E-state index in [-0.39, 0.29) is 17.5 Å². The van der Waals surface area contributed by atoms with Crippen molar-refractivity contribution in [2.45, 2.75) is 109 Å². The fourth-order valence-corrected chi connectivity index (χ4v) is 4.14. The molecule has 1 aliphatic carbocycles. The molecule has 1 saturated heterocycles. The van der Waals surface area contributed by atoms with Gasteiger partial charge in [-0.3, -0.25) is 4.79 Å². The zero-order chi connectivity index (χ0) is 15.0. The third-order valence-electron chi connectivity index (χ3n) is 5.52. The first-order valence-corrected chi connectivity index (χ1v) is 9.48.